The van der Waals surface area contributed by atoms with Crippen molar-refractivity contribution < 1.29 is 34.8 Å². The fraction of sp³-hybridized carbons (Fsp3) is 0.517. The van der Waals surface area contributed by atoms with E-state index >= 15 is 0 Å². The molecule has 2 saturated heterocycles. The molecule has 1 aromatic carbocycles. The first-order valence-corrected chi connectivity index (χ1v) is 13.5. The summed E-state index contributed by atoms with van der Waals surface area (Å²) < 4.78 is 0. The van der Waals surface area contributed by atoms with E-state index in [1.54, 1.807) is 6.20 Å². The molecular formula is C29H39N3O7. The Morgan fingerprint density at radius 1 is 0.974 bits per heavy atom. The minimum absolute atomic E-state index is 0.239. The zero-order valence-electron chi connectivity index (χ0n) is 22.2. The van der Waals surface area contributed by atoms with Crippen LogP contribution in [0.2, 0.25) is 0 Å². The molecule has 0 radical (unpaired) electrons. The summed E-state index contributed by atoms with van der Waals surface area (Å²) in [6.45, 7) is 11.2. The highest BCUT2D eigenvalue weighted by Crippen LogP contribution is 2.30. The molecule has 10 nitrogen and oxygen atoms in total. The number of piperidine rings is 1. The Hall–Kier alpha value is -3.18. The molecule has 4 N–H and O–H groups in total. The second kappa shape index (κ2) is 14.8. The average molecular weight is 542 g/mol. The lowest BCUT2D eigenvalue weighted by Gasteiger charge is -2.38. The van der Waals surface area contributed by atoms with Crippen LogP contribution in [0.1, 0.15) is 42.5 Å². The standard InChI is InChI=1S/C25H33N3O.C4H6O6/c1-2-20-19-28(18-17-27-14-5-6-15-27)16-12-21(20)9-10-25(29)23-11-13-26-24-8-4-3-7-22(23)24;5-1(3(7)8)2(6)4(9)10/h2-4,7-8,11,13,20-21H,1,5-6,9-10,12,14-19H2;1-2,5-6H,(H,7,8)(H,9,10). The number of ketones is 1. The normalized spacial score (nSPS) is 21.5. The van der Waals surface area contributed by atoms with Crippen LogP contribution in [0.3, 0.4) is 0 Å². The fourth-order valence-electron chi connectivity index (χ4n) is 5.28. The van der Waals surface area contributed by atoms with Gasteiger partial charge in [0, 0.05) is 43.2 Å². The number of carboxylic acids is 2. The summed E-state index contributed by atoms with van der Waals surface area (Å²) in [6, 6.07) is 9.79. The number of likely N-dealkylation sites (tertiary alicyclic amines) is 2. The van der Waals surface area contributed by atoms with Crippen LogP contribution >= 0.6 is 0 Å². The van der Waals surface area contributed by atoms with Gasteiger partial charge in [0.1, 0.15) is 0 Å². The SMILES string of the molecule is C=CC1CN(CCN2CCCC2)CCC1CCC(=O)c1ccnc2ccccc12.O=C(O)C(O)C(O)C(=O)O. The van der Waals surface area contributed by atoms with E-state index in [9.17, 15) is 14.4 Å². The number of aliphatic hydroxyl groups is 2. The fourth-order valence-corrected chi connectivity index (χ4v) is 5.28. The predicted molar refractivity (Wildman–Crippen MR) is 147 cm³/mol. The first kappa shape index (κ1) is 30.4. The Morgan fingerprint density at radius 2 is 1.62 bits per heavy atom. The van der Waals surface area contributed by atoms with Crippen molar-refractivity contribution in [3.63, 3.8) is 0 Å². The summed E-state index contributed by atoms with van der Waals surface area (Å²) in [4.78, 5) is 42.1. The number of nitrogens with zero attached hydrogens (tertiary/aromatic N) is 3. The quantitative estimate of drug-likeness (QED) is 0.246. The number of aliphatic hydroxyl groups excluding tert-OH is 2. The first-order chi connectivity index (χ1) is 18.7. The highest BCUT2D eigenvalue weighted by molar-refractivity contribution is 6.07. The number of hydrogen-bond donors (Lipinski definition) is 4. The van der Waals surface area contributed by atoms with Crippen LogP contribution in [0, 0.1) is 11.8 Å². The van der Waals surface area contributed by atoms with Gasteiger partial charge in [-0.15, -0.1) is 6.58 Å². The van der Waals surface area contributed by atoms with Gasteiger partial charge in [0.2, 0.25) is 0 Å². The first-order valence-electron chi connectivity index (χ1n) is 13.5. The van der Waals surface area contributed by atoms with Gasteiger partial charge in [0.15, 0.2) is 18.0 Å². The maximum Gasteiger partial charge on any atom is 0.335 e. The van der Waals surface area contributed by atoms with E-state index in [0.717, 1.165) is 36.0 Å². The average Bonchev–Trinajstić information content (AvgIpc) is 3.48. The van der Waals surface area contributed by atoms with Gasteiger partial charge in [-0.1, -0.05) is 24.3 Å². The summed E-state index contributed by atoms with van der Waals surface area (Å²) in [5, 5.41) is 33.5. The summed E-state index contributed by atoms with van der Waals surface area (Å²) >= 11 is 0. The number of hydrogen-bond acceptors (Lipinski definition) is 8. The lowest BCUT2D eigenvalue weighted by molar-refractivity contribution is -0.165. The molecule has 0 aliphatic carbocycles. The minimum atomic E-state index is -2.27. The largest absolute Gasteiger partial charge is 0.479 e. The van der Waals surface area contributed by atoms with Crippen LogP contribution < -0.4 is 0 Å². The van der Waals surface area contributed by atoms with E-state index in [4.69, 9.17) is 20.4 Å². The zero-order valence-corrected chi connectivity index (χ0v) is 22.2. The van der Waals surface area contributed by atoms with E-state index in [2.05, 4.69) is 27.4 Å². The molecule has 2 aromatic rings. The minimum Gasteiger partial charge on any atom is -0.479 e. The summed E-state index contributed by atoms with van der Waals surface area (Å²) in [5.74, 6) is -2.25. The Labute approximate surface area is 228 Å². The van der Waals surface area contributed by atoms with Crippen LogP contribution in [0.4, 0.5) is 0 Å². The molecule has 2 fully saturated rings. The van der Waals surface area contributed by atoms with Gasteiger partial charge < -0.3 is 30.2 Å². The van der Waals surface area contributed by atoms with Crippen molar-refractivity contribution in [2.45, 2.75) is 44.3 Å². The van der Waals surface area contributed by atoms with Crippen LogP contribution in [0.15, 0.2) is 49.2 Å². The van der Waals surface area contributed by atoms with Crippen molar-refractivity contribution in [3.05, 3.63) is 54.7 Å². The van der Waals surface area contributed by atoms with Crippen LogP contribution in [0.5, 0.6) is 0 Å². The smallest absolute Gasteiger partial charge is 0.335 e. The lowest BCUT2D eigenvalue weighted by atomic mass is 9.81. The number of fused-ring (bicyclic) bond motifs is 1. The van der Waals surface area contributed by atoms with E-state index in [0.29, 0.717) is 18.3 Å². The van der Waals surface area contributed by atoms with E-state index in [1.807, 2.05) is 30.3 Å². The molecular weight excluding hydrogens is 502 g/mol. The molecule has 39 heavy (non-hydrogen) atoms. The maximum atomic E-state index is 12.9. The predicted octanol–water partition coefficient (Wildman–Crippen LogP) is 2.29. The third kappa shape index (κ3) is 8.66. The Balaban J connectivity index is 0.000000360. The third-order valence-electron chi connectivity index (χ3n) is 7.62. The van der Waals surface area contributed by atoms with Crippen molar-refractivity contribution in [2.75, 3.05) is 39.3 Å². The molecule has 212 valence electrons. The van der Waals surface area contributed by atoms with E-state index in [1.165, 1.54) is 45.4 Å². The summed E-state index contributed by atoms with van der Waals surface area (Å²) in [6.07, 6.45) is 4.79. The van der Waals surface area contributed by atoms with Crippen molar-refractivity contribution in [1.29, 1.82) is 0 Å². The molecule has 4 atom stereocenters. The second-order valence-corrected chi connectivity index (χ2v) is 10.2. The number of rotatable bonds is 11. The molecule has 2 aliphatic rings. The number of pyridine rings is 1. The highest BCUT2D eigenvalue weighted by Gasteiger charge is 2.30. The number of benzene rings is 1. The molecule has 10 heteroatoms. The monoisotopic (exact) mass is 541 g/mol. The Kier molecular flexibility index (Phi) is 11.5. The van der Waals surface area contributed by atoms with E-state index in [-0.39, 0.29) is 5.78 Å². The third-order valence-corrected chi connectivity index (χ3v) is 7.62. The van der Waals surface area contributed by atoms with Crippen molar-refractivity contribution in [3.8, 4) is 0 Å². The summed E-state index contributed by atoms with van der Waals surface area (Å²) in [7, 11) is 0. The number of aliphatic carboxylic acids is 2. The Bertz CT molecular complexity index is 1110. The van der Waals surface area contributed by atoms with Gasteiger partial charge in [0.25, 0.3) is 0 Å². The molecule has 2 aliphatic heterocycles. The highest BCUT2D eigenvalue weighted by atomic mass is 16.4. The van der Waals surface area contributed by atoms with Gasteiger partial charge in [0.05, 0.1) is 5.52 Å². The number of carbonyl (C=O) groups is 3. The van der Waals surface area contributed by atoms with Crippen molar-refractivity contribution >= 4 is 28.6 Å². The van der Waals surface area contributed by atoms with Gasteiger partial charge >= 0.3 is 11.9 Å². The molecule has 1 aromatic heterocycles. The molecule has 4 unspecified atom stereocenters. The zero-order chi connectivity index (χ0) is 28.4. The summed E-state index contributed by atoms with van der Waals surface area (Å²) in [5.41, 5.74) is 1.71. The molecule has 0 spiro atoms. The van der Waals surface area contributed by atoms with Crippen LogP contribution in [-0.2, 0) is 9.59 Å². The number of Topliss-reactive ketones (excluding diaryl/α,β-unsaturated/α-hetero) is 1. The van der Waals surface area contributed by atoms with Gasteiger partial charge in [-0.2, -0.15) is 0 Å². The molecule has 3 heterocycles. The second-order valence-electron chi connectivity index (χ2n) is 10.2. The van der Waals surface area contributed by atoms with E-state index < -0.39 is 24.1 Å². The van der Waals surface area contributed by atoms with Crippen molar-refractivity contribution in [2.24, 2.45) is 11.8 Å². The topological polar surface area (TPSA) is 152 Å². The number of carbonyl (C=O) groups excluding carboxylic acids is 1. The number of para-hydroxylation sites is 1. The molecule has 0 bridgehead atoms. The van der Waals surface area contributed by atoms with Crippen LogP contribution in [0.25, 0.3) is 10.9 Å². The molecule has 4 rings (SSSR count). The van der Waals surface area contributed by atoms with Gasteiger partial charge in [-0.05, 0) is 69.3 Å². The molecule has 0 saturated carbocycles. The number of carboxylic acid groups (broad SMARTS) is 2. The lowest BCUT2D eigenvalue weighted by Crippen LogP contribution is -2.43. The van der Waals surface area contributed by atoms with Crippen molar-refractivity contribution in [1.82, 2.24) is 14.8 Å². The van der Waals surface area contributed by atoms with Gasteiger partial charge in [-0.25, -0.2) is 9.59 Å². The number of aromatic nitrogens is 1. The maximum absolute atomic E-state index is 12.9. The Morgan fingerprint density at radius 3 is 2.26 bits per heavy atom. The van der Waals surface area contributed by atoms with Gasteiger partial charge in [-0.3, -0.25) is 9.78 Å². The molecule has 0 amide bonds. The van der Waals surface area contributed by atoms with Crippen LogP contribution in [-0.4, -0.2) is 104 Å².